The van der Waals surface area contributed by atoms with Crippen LogP contribution in [0.1, 0.15) is 42.6 Å². The highest BCUT2D eigenvalue weighted by Gasteiger charge is 2.29. The van der Waals surface area contributed by atoms with E-state index in [2.05, 4.69) is 20.2 Å². The molecule has 1 amide bonds. The van der Waals surface area contributed by atoms with Gasteiger partial charge in [0.05, 0.1) is 15.8 Å². The summed E-state index contributed by atoms with van der Waals surface area (Å²) in [6, 6.07) is 9.47. The van der Waals surface area contributed by atoms with E-state index in [0.717, 1.165) is 56.0 Å². The number of aliphatic imine (C=N–C) groups is 1. The van der Waals surface area contributed by atoms with Gasteiger partial charge in [-0.15, -0.1) is 0 Å². The molecule has 2 fully saturated rings. The number of anilines is 2. The molecular weight excluding hydrogens is 561 g/mol. The van der Waals surface area contributed by atoms with Crippen LogP contribution >= 0.6 is 23.2 Å². The van der Waals surface area contributed by atoms with Crippen LogP contribution in [0, 0.1) is 5.92 Å². The zero-order chi connectivity index (χ0) is 28.9. The van der Waals surface area contributed by atoms with Gasteiger partial charge in [0.15, 0.2) is 0 Å². The molecule has 3 N–H and O–H groups in total. The van der Waals surface area contributed by atoms with Crippen LogP contribution in [0.2, 0.25) is 10.0 Å². The molecule has 11 heteroatoms. The zero-order valence-electron chi connectivity index (χ0n) is 23.3. The van der Waals surface area contributed by atoms with Gasteiger partial charge in [0, 0.05) is 80.1 Å². The molecule has 5 rings (SSSR count). The van der Waals surface area contributed by atoms with Crippen LogP contribution in [-0.4, -0.2) is 72.8 Å². The largest absolute Gasteiger partial charge is 0.486 e. The Kier molecular flexibility index (Phi) is 9.27. The average Bonchev–Trinajstić information content (AvgIpc) is 2.99. The van der Waals surface area contributed by atoms with Crippen molar-refractivity contribution in [3.8, 4) is 5.75 Å². The number of pyridine rings is 2. The quantitative estimate of drug-likeness (QED) is 0.303. The predicted octanol–water partition coefficient (Wildman–Crippen LogP) is 4.62. The van der Waals surface area contributed by atoms with E-state index in [1.54, 1.807) is 25.5 Å². The van der Waals surface area contributed by atoms with Crippen molar-refractivity contribution in [3.63, 3.8) is 0 Å². The number of hydrogen-bond acceptors (Lipinski definition) is 8. The second-order valence-corrected chi connectivity index (χ2v) is 11.2. The van der Waals surface area contributed by atoms with Gasteiger partial charge >= 0.3 is 0 Å². The maximum atomic E-state index is 12.9. The Morgan fingerprint density at radius 1 is 1.07 bits per heavy atom. The van der Waals surface area contributed by atoms with Gasteiger partial charge in [-0.05, 0) is 63.2 Å². The summed E-state index contributed by atoms with van der Waals surface area (Å²) in [7, 11) is 1.73. The highest BCUT2D eigenvalue weighted by Crippen LogP contribution is 2.33. The Morgan fingerprint density at radius 2 is 1.78 bits per heavy atom. The van der Waals surface area contributed by atoms with Gasteiger partial charge in [-0.3, -0.25) is 14.8 Å². The molecule has 216 valence electrons. The summed E-state index contributed by atoms with van der Waals surface area (Å²) in [4.78, 5) is 30.4. The van der Waals surface area contributed by atoms with Crippen molar-refractivity contribution in [1.29, 1.82) is 0 Å². The molecule has 3 aromatic rings. The second kappa shape index (κ2) is 13.1. The molecule has 0 radical (unpaired) electrons. The highest BCUT2D eigenvalue weighted by atomic mass is 35.5. The molecule has 4 heterocycles. The van der Waals surface area contributed by atoms with Crippen molar-refractivity contribution in [2.75, 3.05) is 56.9 Å². The van der Waals surface area contributed by atoms with Crippen molar-refractivity contribution >= 4 is 46.3 Å². The Bertz CT molecular complexity index is 1380. The van der Waals surface area contributed by atoms with Gasteiger partial charge in [-0.25, -0.2) is 4.98 Å². The summed E-state index contributed by atoms with van der Waals surface area (Å²) in [5.74, 6) is 1.93. The van der Waals surface area contributed by atoms with Crippen molar-refractivity contribution < 1.29 is 9.53 Å². The number of piperazine rings is 1. The molecule has 2 aliphatic heterocycles. The first-order valence-electron chi connectivity index (χ1n) is 13.9. The minimum absolute atomic E-state index is 0.151. The van der Waals surface area contributed by atoms with Crippen molar-refractivity contribution in [1.82, 2.24) is 20.2 Å². The van der Waals surface area contributed by atoms with Crippen molar-refractivity contribution in [3.05, 3.63) is 75.7 Å². The fourth-order valence-electron chi connectivity index (χ4n) is 5.49. The standard InChI is InChI=1S/C30H35Cl2N7O2/c1-19(28-24(31)17-36-18-25(28)32)41-22-4-5-26(33)23(15-22)29(34-2)21-3-6-27(37-16-21)38-11-13-39(14-12-38)30(40)20-7-9-35-10-8-20/h3-6,15-20,35H,7-14,33H2,1-2H3/t19-/m1/s1. The topological polar surface area (TPSA) is 109 Å². The number of aromatic nitrogens is 2. The first kappa shape index (κ1) is 29.1. The van der Waals surface area contributed by atoms with Gasteiger partial charge < -0.3 is 25.6 Å². The number of nitrogens with zero attached hydrogens (tertiary/aromatic N) is 5. The molecule has 0 spiro atoms. The monoisotopic (exact) mass is 595 g/mol. The molecular formula is C30H35Cl2N7O2. The number of hydrogen-bond donors (Lipinski definition) is 2. The Labute approximate surface area is 250 Å². The number of nitrogen functional groups attached to an aromatic ring is 1. The van der Waals surface area contributed by atoms with Gasteiger partial charge in [-0.1, -0.05) is 23.2 Å². The molecule has 0 bridgehead atoms. The lowest BCUT2D eigenvalue weighted by Gasteiger charge is -2.37. The number of nitrogens with one attached hydrogen (secondary N) is 1. The zero-order valence-corrected chi connectivity index (χ0v) is 24.8. The number of ether oxygens (including phenoxy) is 1. The van der Waals surface area contributed by atoms with Crippen molar-refractivity contribution in [2.45, 2.75) is 25.9 Å². The van der Waals surface area contributed by atoms with Gasteiger partial charge in [0.1, 0.15) is 17.7 Å². The van der Waals surface area contributed by atoms with E-state index >= 15 is 0 Å². The molecule has 1 aromatic carbocycles. The Hall–Kier alpha value is -3.40. The van der Waals surface area contributed by atoms with Crippen LogP contribution in [0.25, 0.3) is 0 Å². The molecule has 2 saturated heterocycles. The summed E-state index contributed by atoms with van der Waals surface area (Å²) >= 11 is 12.7. The highest BCUT2D eigenvalue weighted by molar-refractivity contribution is 6.35. The first-order valence-corrected chi connectivity index (χ1v) is 14.6. The van der Waals surface area contributed by atoms with E-state index < -0.39 is 6.10 Å². The van der Waals surface area contributed by atoms with E-state index in [1.165, 1.54) is 0 Å². The molecule has 0 aliphatic carbocycles. The van der Waals surface area contributed by atoms with Gasteiger partial charge in [0.25, 0.3) is 0 Å². The Balaban J connectivity index is 1.26. The smallest absolute Gasteiger partial charge is 0.225 e. The number of carbonyl (C=O) groups excluding carboxylic acids is 1. The third-order valence-corrected chi connectivity index (χ3v) is 8.34. The van der Waals surface area contributed by atoms with Crippen LogP contribution in [0.15, 0.2) is 53.9 Å². The van der Waals surface area contributed by atoms with Crippen LogP contribution in [0.4, 0.5) is 11.5 Å². The molecule has 1 atom stereocenters. The molecule has 0 unspecified atom stereocenters. The normalized spacial score (nSPS) is 17.4. The van der Waals surface area contributed by atoms with E-state index in [1.807, 2.05) is 42.3 Å². The molecule has 2 aromatic heterocycles. The number of nitrogens with two attached hydrogens (primary N) is 1. The summed E-state index contributed by atoms with van der Waals surface area (Å²) in [5.41, 5.74) is 9.91. The number of rotatable bonds is 7. The van der Waals surface area contributed by atoms with Crippen LogP contribution in [0.5, 0.6) is 5.75 Å². The lowest BCUT2D eigenvalue weighted by atomic mass is 9.96. The maximum Gasteiger partial charge on any atom is 0.225 e. The minimum Gasteiger partial charge on any atom is -0.486 e. The molecule has 41 heavy (non-hydrogen) atoms. The van der Waals surface area contributed by atoms with Crippen molar-refractivity contribution in [2.24, 2.45) is 10.9 Å². The average molecular weight is 597 g/mol. The number of carbonyl (C=O) groups is 1. The lowest BCUT2D eigenvalue weighted by molar-refractivity contribution is -0.136. The number of piperidine rings is 1. The summed E-state index contributed by atoms with van der Waals surface area (Å²) in [5, 5.41) is 4.22. The van der Waals surface area contributed by atoms with Crippen LogP contribution in [-0.2, 0) is 4.79 Å². The first-order chi connectivity index (χ1) is 19.9. The Morgan fingerprint density at radius 3 is 2.41 bits per heavy atom. The minimum atomic E-state index is -0.409. The number of halogens is 2. The van der Waals surface area contributed by atoms with E-state index in [0.29, 0.717) is 51.8 Å². The molecule has 2 aliphatic rings. The van der Waals surface area contributed by atoms with E-state index in [4.69, 9.17) is 38.7 Å². The molecule has 0 saturated carbocycles. The third kappa shape index (κ3) is 6.58. The van der Waals surface area contributed by atoms with Crippen LogP contribution < -0.4 is 20.7 Å². The van der Waals surface area contributed by atoms with Gasteiger partial charge in [0.2, 0.25) is 5.91 Å². The maximum absolute atomic E-state index is 12.9. The third-order valence-electron chi connectivity index (χ3n) is 7.74. The SMILES string of the molecule is CN=C(c1ccc(N2CCN(C(=O)C3CCNCC3)CC2)nc1)c1cc(O[C@H](C)c2c(Cl)cncc2Cl)ccc1N. The summed E-state index contributed by atoms with van der Waals surface area (Å²) < 4.78 is 6.19. The van der Waals surface area contributed by atoms with E-state index in [9.17, 15) is 4.79 Å². The molecule has 9 nitrogen and oxygen atoms in total. The van der Waals surface area contributed by atoms with E-state index in [-0.39, 0.29) is 5.92 Å². The summed E-state index contributed by atoms with van der Waals surface area (Å²) in [6.07, 6.45) is 6.35. The number of amides is 1. The predicted molar refractivity (Wildman–Crippen MR) is 164 cm³/mol. The number of benzene rings is 1. The second-order valence-electron chi connectivity index (χ2n) is 10.3. The van der Waals surface area contributed by atoms with Crippen LogP contribution in [0.3, 0.4) is 0 Å². The summed E-state index contributed by atoms with van der Waals surface area (Å²) in [6.45, 7) is 6.67. The van der Waals surface area contributed by atoms with Gasteiger partial charge in [-0.2, -0.15) is 0 Å². The fourth-order valence-corrected chi connectivity index (χ4v) is 6.16. The fraction of sp³-hybridized carbons (Fsp3) is 0.400. The lowest BCUT2D eigenvalue weighted by Crippen LogP contribution is -2.51.